The Hall–Kier alpha value is -3.99. The second-order valence-corrected chi connectivity index (χ2v) is 8.54. The van der Waals surface area contributed by atoms with Crippen LogP contribution in [0, 0.1) is 0 Å². The molecule has 36 heavy (non-hydrogen) atoms. The van der Waals surface area contributed by atoms with Gasteiger partial charge in [-0.15, -0.1) is 13.2 Å². The monoisotopic (exact) mass is 496 g/mol. The van der Waals surface area contributed by atoms with Crippen LogP contribution in [0.4, 0.5) is 24.7 Å². The van der Waals surface area contributed by atoms with Crippen molar-refractivity contribution in [1.29, 1.82) is 0 Å². The van der Waals surface area contributed by atoms with Crippen LogP contribution in [0.25, 0.3) is 22.3 Å². The summed E-state index contributed by atoms with van der Waals surface area (Å²) in [6.45, 7) is 0.162. The smallest absolute Gasteiger partial charge is 0.388 e. The van der Waals surface area contributed by atoms with Crippen LogP contribution in [0.1, 0.15) is 17.7 Å². The Bertz CT molecular complexity index is 1380. The van der Waals surface area contributed by atoms with Gasteiger partial charge in [0, 0.05) is 36.0 Å². The van der Waals surface area contributed by atoms with E-state index in [9.17, 15) is 18.3 Å². The lowest BCUT2D eigenvalue weighted by atomic mass is 10.1. The Labute approximate surface area is 204 Å². The van der Waals surface area contributed by atoms with Crippen molar-refractivity contribution in [1.82, 2.24) is 19.9 Å². The van der Waals surface area contributed by atoms with E-state index in [1.807, 2.05) is 42.3 Å². The zero-order valence-corrected chi connectivity index (χ0v) is 19.3. The van der Waals surface area contributed by atoms with Crippen LogP contribution in [0.3, 0.4) is 0 Å². The van der Waals surface area contributed by atoms with Crippen molar-refractivity contribution in [2.75, 3.05) is 23.8 Å². The predicted octanol–water partition coefficient (Wildman–Crippen LogP) is 4.34. The number of hydrogen-bond donors (Lipinski definition) is 2. The van der Waals surface area contributed by atoms with Crippen molar-refractivity contribution in [3.8, 4) is 17.4 Å². The maximum Gasteiger partial charge on any atom is 0.574 e. The van der Waals surface area contributed by atoms with Crippen molar-refractivity contribution in [2.45, 2.75) is 31.9 Å². The highest BCUT2D eigenvalue weighted by Gasteiger charge is 2.31. The van der Waals surface area contributed by atoms with Gasteiger partial charge in [0.15, 0.2) is 5.82 Å². The van der Waals surface area contributed by atoms with Crippen molar-refractivity contribution >= 4 is 22.3 Å². The van der Waals surface area contributed by atoms with Gasteiger partial charge in [0.05, 0.1) is 18.4 Å². The van der Waals surface area contributed by atoms with Crippen LogP contribution in [-0.4, -0.2) is 51.2 Å². The fourth-order valence-electron chi connectivity index (χ4n) is 4.28. The number of benzene rings is 1. The zero-order chi connectivity index (χ0) is 25.3. The maximum atomic E-state index is 12.3. The molecule has 3 heterocycles. The van der Waals surface area contributed by atoms with E-state index in [0.29, 0.717) is 17.2 Å². The van der Waals surface area contributed by atoms with Crippen LogP contribution in [0.5, 0.6) is 5.88 Å². The molecule has 11 heteroatoms. The minimum atomic E-state index is -4.82. The molecular weight excluding hydrogens is 473 g/mol. The molecule has 0 radical (unpaired) electrons. The van der Waals surface area contributed by atoms with Gasteiger partial charge in [-0.2, -0.15) is 0 Å². The molecule has 0 aliphatic heterocycles. The standard InChI is InChI=1S/C25H23F3N6O2/c1-34(14-21(35)31-17-9-10-22(30-13-17)36-25(26,27)28)24-18-7-4-8-19(18)32-23(33-24)20-11-15-5-2-3-6-16(15)12-29-20/h2-3,5-6,9-13,21,31,35H,4,7-8,14H2,1H3. The summed E-state index contributed by atoms with van der Waals surface area (Å²) < 4.78 is 40.7. The van der Waals surface area contributed by atoms with Gasteiger partial charge < -0.3 is 20.1 Å². The molecule has 0 amide bonds. The average Bonchev–Trinajstić information content (AvgIpc) is 3.32. The van der Waals surface area contributed by atoms with E-state index in [1.54, 1.807) is 6.20 Å². The first-order valence-electron chi connectivity index (χ1n) is 11.4. The van der Waals surface area contributed by atoms with Crippen LogP contribution < -0.4 is 15.0 Å². The number of anilines is 2. The van der Waals surface area contributed by atoms with Crippen molar-refractivity contribution in [3.05, 3.63) is 66.1 Å². The summed E-state index contributed by atoms with van der Waals surface area (Å²) in [5.74, 6) is 0.663. The van der Waals surface area contributed by atoms with E-state index in [2.05, 4.69) is 20.0 Å². The molecule has 1 aromatic carbocycles. The average molecular weight is 496 g/mol. The normalized spacial score (nSPS) is 13.9. The third kappa shape index (κ3) is 5.30. The summed E-state index contributed by atoms with van der Waals surface area (Å²) in [6, 6.07) is 12.3. The fourth-order valence-corrected chi connectivity index (χ4v) is 4.28. The van der Waals surface area contributed by atoms with E-state index in [0.717, 1.165) is 59.4 Å². The van der Waals surface area contributed by atoms with Gasteiger partial charge >= 0.3 is 6.36 Å². The summed E-state index contributed by atoms with van der Waals surface area (Å²) in [7, 11) is 1.82. The summed E-state index contributed by atoms with van der Waals surface area (Å²) >= 11 is 0. The Morgan fingerprint density at radius 3 is 2.61 bits per heavy atom. The number of alkyl halides is 3. The van der Waals surface area contributed by atoms with Gasteiger partial charge in [-0.25, -0.2) is 15.0 Å². The topological polar surface area (TPSA) is 96.3 Å². The van der Waals surface area contributed by atoms with Gasteiger partial charge in [-0.3, -0.25) is 4.98 Å². The Morgan fingerprint density at radius 2 is 1.86 bits per heavy atom. The van der Waals surface area contributed by atoms with E-state index in [4.69, 9.17) is 9.97 Å². The summed E-state index contributed by atoms with van der Waals surface area (Å²) in [6.07, 6.45) is -0.234. The predicted molar refractivity (Wildman–Crippen MR) is 129 cm³/mol. The van der Waals surface area contributed by atoms with Gasteiger partial charge in [-0.05, 0) is 36.8 Å². The molecule has 0 fully saturated rings. The van der Waals surface area contributed by atoms with Crippen molar-refractivity contribution in [3.63, 3.8) is 0 Å². The summed E-state index contributed by atoms with van der Waals surface area (Å²) in [5, 5.41) is 15.5. The summed E-state index contributed by atoms with van der Waals surface area (Å²) in [5.41, 5.74) is 3.04. The number of pyridine rings is 2. The molecule has 3 aromatic heterocycles. The number of likely N-dealkylation sites (N-methyl/N-ethyl adjacent to an activating group) is 1. The minimum absolute atomic E-state index is 0.162. The molecular formula is C25H23F3N6O2. The minimum Gasteiger partial charge on any atom is -0.388 e. The quantitative estimate of drug-likeness (QED) is 0.365. The molecule has 1 aliphatic carbocycles. The molecule has 0 bridgehead atoms. The first kappa shape index (κ1) is 23.7. The molecule has 1 atom stereocenters. The van der Waals surface area contributed by atoms with Crippen LogP contribution in [-0.2, 0) is 12.8 Å². The lowest BCUT2D eigenvalue weighted by Gasteiger charge is -2.25. The number of nitrogens with zero attached hydrogens (tertiary/aromatic N) is 5. The molecule has 186 valence electrons. The third-order valence-corrected chi connectivity index (χ3v) is 5.87. The van der Waals surface area contributed by atoms with E-state index >= 15 is 0 Å². The lowest BCUT2D eigenvalue weighted by Crippen LogP contribution is -2.35. The number of nitrogens with one attached hydrogen (secondary N) is 1. The number of aliphatic hydroxyl groups is 1. The molecule has 1 unspecified atom stereocenters. The largest absolute Gasteiger partial charge is 0.574 e. The number of rotatable bonds is 7. The van der Waals surface area contributed by atoms with Crippen molar-refractivity contribution < 1.29 is 23.0 Å². The van der Waals surface area contributed by atoms with E-state index < -0.39 is 18.5 Å². The van der Waals surface area contributed by atoms with E-state index in [-0.39, 0.29) is 6.54 Å². The number of halogens is 3. The maximum absolute atomic E-state index is 12.3. The first-order valence-corrected chi connectivity index (χ1v) is 11.4. The van der Waals surface area contributed by atoms with Crippen LogP contribution >= 0.6 is 0 Å². The van der Waals surface area contributed by atoms with Crippen molar-refractivity contribution in [2.24, 2.45) is 0 Å². The molecule has 8 nitrogen and oxygen atoms in total. The highest BCUT2D eigenvalue weighted by atomic mass is 19.4. The number of aliphatic hydroxyl groups excluding tert-OH is 1. The molecule has 1 aliphatic rings. The number of fused-ring (bicyclic) bond motifs is 2. The summed E-state index contributed by atoms with van der Waals surface area (Å²) in [4.78, 5) is 19.6. The number of aromatic nitrogens is 4. The second kappa shape index (κ2) is 9.57. The lowest BCUT2D eigenvalue weighted by molar-refractivity contribution is -0.276. The zero-order valence-electron chi connectivity index (χ0n) is 19.3. The first-order chi connectivity index (χ1) is 17.2. The molecule has 0 saturated carbocycles. The highest BCUT2D eigenvalue weighted by Crippen LogP contribution is 2.31. The Balaban J connectivity index is 1.34. The van der Waals surface area contributed by atoms with Crippen LogP contribution in [0.2, 0.25) is 0 Å². The Kier molecular flexibility index (Phi) is 6.31. The second-order valence-electron chi connectivity index (χ2n) is 8.54. The van der Waals surface area contributed by atoms with Crippen LogP contribution in [0.15, 0.2) is 54.9 Å². The molecule has 0 saturated heterocycles. The third-order valence-electron chi connectivity index (χ3n) is 5.87. The van der Waals surface area contributed by atoms with Gasteiger partial charge in [-0.1, -0.05) is 24.3 Å². The number of aryl methyl sites for hydroxylation is 1. The Morgan fingerprint density at radius 1 is 1.06 bits per heavy atom. The molecule has 0 spiro atoms. The van der Waals surface area contributed by atoms with Gasteiger partial charge in [0.25, 0.3) is 0 Å². The SMILES string of the molecule is CN(CC(O)Nc1ccc(OC(F)(F)F)nc1)c1nc(-c2cc3ccccc3cn2)nc2c1CCC2. The number of ether oxygens (including phenoxy) is 1. The van der Waals surface area contributed by atoms with Gasteiger partial charge in [0.2, 0.25) is 5.88 Å². The van der Waals surface area contributed by atoms with E-state index in [1.165, 1.54) is 6.07 Å². The molecule has 4 aromatic rings. The molecule has 5 rings (SSSR count). The highest BCUT2D eigenvalue weighted by molar-refractivity contribution is 5.84. The fraction of sp³-hybridized carbons (Fsp3) is 0.280. The molecule has 2 N–H and O–H groups in total. The number of hydrogen-bond acceptors (Lipinski definition) is 8. The van der Waals surface area contributed by atoms with Gasteiger partial charge in [0.1, 0.15) is 17.7 Å².